The third-order valence-corrected chi connectivity index (χ3v) is 6.79. The minimum absolute atomic E-state index is 0.0399. The largest absolute Gasteiger partial charge is 0.372 e. The molecular formula is C11H19N3O4S3. The summed E-state index contributed by atoms with van der Waals surface area (Å²) < 4.78 is 26.7. The Labute approximate surface area is 132 Å². The van der Waals surface area contributed by atoms with Gasteiger partial charge in [0.25, 0.3) is 0 Å². The van der Waals surface area contributed by atoms with Crippen molar-refractivity contribution in [3.8, 4) is 0 Å². The summed E-state index contributed by atoms with van der Waals surface area (Å²) in [7, 11) is -3.70. The second kappa shape index (κ2) is 7.97. The average molecular weight is 353 g/mol. The number of nitrogens with zero attached hydrogens (tertiary/aromatic N) is 1. The fraction of sp³-hybridized carbons (Fsp3) is 0.636. The number of anilines is 1. The molecule has 1 aromatic rings. The van der Waals surface area contributed by atoms with Gasteiger partial charge in [0.1, 0.15) is 4.21 Å². The van der Waals surface area contributed by atoms with Crippen molar-refractivity contribution in [1.29, 1.82) is 0 Å². The molecule has 120 valence electrons. The van der Waals surface area contributed by atoms with Gasteiger partial charge in [0.15, 0.2) is 5.00 Å². The normalized spacial score (nSPS) is 13.1. The molecule has 0 aromatic carbocycles. The molecule has 0 aliphatic carbocycles. The summed E-state index contributed by atoms with van der Waals surface area (Å²) >= 11 is 2.53. The summed E-state index contributed by atoms with van der Waals surface area (Å²) in [6.45, 7) is 4.60. The van der Waals surface area contributed by atoms with Crippen molar-refractivity contribution in [3.05, 3.63) is 16.2 Å². The van der Waals surface area contributed by atoms with Crippen molar-refractivity contribution >= 4 is 43.8 Å². The van der Waals surface area contributed by atoms with Crippen molar-refractivity contribution < 1.29 is 13.3 Å². The zero-order valence-corrected chi connectivity index (χ0v) is 14.5. The molecule has 0 amide bonds. The second-order valence-electron chi connectivity index (χ2n) is 4.30. The molecule has 0 fully saturated rings. The molecule has 1 atom stereocenters. The minimum atomic E-state index is -3.70. The lowest BCUT2D eigenvalue weighted by molar-refractivity contribution is -0.383. The molecule has 1 unspecified atom stereocenters. The number of sulfonamides is 1. The fourth-order valence-corrected chi connectivity index (χ4v) is 4.34. The van der Waals surface area contributed by atoms with Crippen LogP contribution in [0.15, 0.2) is 10.3 Å². The van der Waals surface area contributed by atoms with E-state index in [1.54, 1.807) is 18.7 Å². The van der Waals surface area contributed by atoms with E-state index in [1.807, 2.05) is 13.2 Å². The molecule has 0 bridgehead atoms. The smallest absolute Gasteiger partial charge is 0.304 e. The van der Waals surface area contributed by atoms with Crippen LogP contribution in [0.25, 0.3) is 0 Å². The van der Waals surface area contributed by atoms with Crippen LogP contribution in [0.5, 0.6) is 0 Å². The molecule has 0 radical (unpaired) electrons. The van der Waals surface area contributed by atoms with Crippen LogP contribution in [0.4, 0.5) is 10.7 Å². The SMILES string of the molecule is CCNc1sc(S(=O)(=O)NCCC(C)SC)cc1[N+](=O)[O-]. The van der Waals surface area contributed by atoms with Gasteiger partial charge in [-0.3, -0.25) is 10.1 Å². The zero-order chi connectivity index (χ0) is 16.0. The molecule has 10 heteroatoms. The van der Waals surface area contributed by atoms with E-state index in [-0.39, 0.29) is 14.9 Å². The molecule has 0 aliphatic heterocycles. The Kier molecular flexibility index (Phi) is 6.91. The van der Waals surface area contributed by atoms with Crippen LogP contribution < -0.4 is 10.0 Å². The van der Waals surface area contributed by atoms with Crippen LogP contribution in [-0.2, 0) is 10.0 Å². The maximum Gasteiger partial charge on any atom is 0.304 e. The van der Waals surface area contributed by atoms with Gasteiger partial charge in [0, 0.05) is 24.4 Å². The quantitative estimate of drug-likeness (QED) is 0.522. The maximum atomic E-state index is 12.1. The Morgan fingerprint density at radius 3 is 2.71 bits per heavy atom. The summed E-state index contributed by atoms with van der Waals surface area (Å²) in [5.41, 5.74) is -0.209. The van der Waals surface area contributed by atoms with Crippen LogP contribution in [0.3, 0.4) is 0 Å². The third-order valence-electron chi connectivity index (χ3n) is 2.73. The molecule has 1 rings (SSSR count). The molecule has 21 heavy (non-hydrogen) atoms. The van der Waals surface area contributed by atoms with Crippen molar-refractivity contribution in [1.82, 2.24) is 4.72 Å². The lowest BCUT2D eigenvalue weighted by Crippen LogP contribution is -2.25. The summed E-state index contributed by atoms with van der Waals surface area (Å²) in [5, 5.41) is 14.4. The van der Waals surface area contributed by atoms with Crippen molar-refractivity contribution in [2.24, 2.45) is 0 Å². The molecular weight excluding hydrogens is 334 g/mol. The molecule has 7 nitrogen and oxygen atoms in total. The van der Waals surface area contributed by atoms with Crippen molar-refractivity contribution in [3.63, 3.8) is 0 Å². The Morgan fingerprint density at radius 2 is 2.19 bits per heavy atom. The number of rotatable bonds is 9. The fourth-order valence-electron chi connectivity index (χ4n) is 1.50. The van der Waals surface area contributed by atoms with E-state index < -0.39 is 14.9 Å². The van der Waals surface area contributed by atoms with E-state index in [4.69, 9.17) is 0 Å². The number of nitrogens with one attached hydrogen (secondary N) is 2. The Hall–Kier alpha value is -0.840. The van der Waals surface area contributed by atoms with Gasteiger partial charge in [-0.25, -0.2) is 13.1 Å². The number of hydrogen-bond acceptors (Lipinski definition) is 7. The topological polar surface area (TPSA) is 101 Å². The van der Waals surface area contributed by atoms with Gasteiger partial charge in [-0.1, -0.05) is 18.3 Å². The van der Waals surface area contributed by atoms with E-state index in [2.05, 4.69) is 10.0 Å². The molecule has 1 heterocycles. The Morgan fingerprint density at radius 1 is 1.52 bits per heavy atom. The molecule has 0 spiro atoms. The van der Waals surface area contributed by atoms with Gasteiger partial charge < -0.3 is 5.32 Å². The van der Waals surface area contributed by atoms with Gasteiger partial charge in [0.2, 0.25) is 10.0 Å². The first-order chi connectivity index (χ1) is 9.81. The highest BCUT2D eigenvalue weighted by Gasteiger charge is 2.25. The standard InChI is InChI=1S/C11H19N3O4S3/c1-4-12-11-9(14(15)16)7-10(20-11)21(17,18)13-6-5-8(2)19-3/h7-8,12-13H,4-6H2,1-3H3. The maximum absolute atomic E-state index is 12.1. The first-order valence-electron chi connectivity index (χ1n) is 6.36. The predicted molar refractivity (Wildman–Crippen MR) is 87.9 cm³/mol. The first kappa shape index (κ1) is 18.2. The third kappa shape index (κ3) is 5.13. The zero-order valence-electron chi connectivity index (χ0n) is 12.1. The summed E-state index contributed by atoms with van der Waals surface area (Å²) in [6.07, 6.45) is 2.67. The van der Waals surface area contributed by atoms with Gasteiger partial charge in [0.05, 0.1) is 4.92 Å². The monoisotopic (exact) mass is 353 g/mol. The van der Waals surface area contributed by atoms with E-state index in [0.717, 1.165) is 17.4 Å². The van der Waals surface area contributed by atoms with Crippen LogP contribution in [-0.4, -0.2) is 37.9 Å². The van der Waals surface area contributed by atoms with Crippen LogP contribution in [0.2, 0.25) is 0 Å². The number of nitro groups is 1. The van der Waals surface area contributed by atoms with E-state index in [0.29, 0.717) is 24.8 Å². The van der Waals surface area contributed by atoms with E-state index in [1.165, 1.54) is 0 Å². The Balaban J connectivity index is 2.88. The van der Waals surface area contributed by atoms with E-state index >= 15 is 0 Å². The van der Waals surface area contributed by atoms with Gasteiger partial charge in [-0.15, -0.1) is 0 Å². The average Bonchev–Trinajstić information content (AvgIpc) is 2.83. The highest BCUT2D eigenvalue weighted by molar-refractivity contribution is 7.99. The summed E-state index contributed by atoms with van der Waals surface area (Å²) in [5.74, 6) is 0. The summed E-state index contributed by atoms with van der Waals surface area (Å²) in [4.78, 5) is 10.4. The Bertz CT molecular complexity index is 586. The molecule has 0 saturated heterocycles. The predicted octanol–water partition coefficient (Wildman–Crippen LogP) is 2.51. The lowest BCUT2D eigenvalue weighted by Gasteiger charge is -2.08. The van der Waals surface area contributed by atoms with E-state index in [9.17, 15) is 18.5 Å². The second-order valence-corrected chi connectivity index (χ2v) is 8.62. The number of thiophene rings is 1. The van der Waals surface area contributed by atoms with Crippen molar-refractivity contribution in [2.75, 3.05) is 24.7 Å². The van der Waals surface area contributed by atoms with Crippen LogP contribution >= 0.6 is 23.1 Å². The van der Waals surface area contributed by atoms with Gasteiger partial charge in [-0.2, -0.15) is 11.8 Å². The van der Waals surface area contributed by atoms with Crippen LogP contribution in [0, 0.1) is 10.1 Å². The first-order valence-corrected chi connectivity index (χ1v) is 9.95. The highest BCUT2D eigenvalue weighted by atomic mass is 32.2. The lowest BCUT2D eigenvalue weighted by atomic mass is 10.3. The van der Waals surface area contributed by atoms with Crippen molar-refractivity contribution in [2.45, 2.75) is 29.7 Å². The minimum Gasteiger partial charge on any atom is -0.372 e. The molecule has 0 aliphatic rings. The van der Waals surface area contributed by atoms with Gasteiger partial charge in [-0.05, 0) is 19.6 Å². The van der Waals surface area contributed by atoms with Gasteiger partial charge >= 0.3 is 5.69 Å². The molecule has 2 N–H and O–H groups in total. The number of hydrogen-bond donors (Lipinski definition) is 2. The molecule has 0 saturated carbocycles. The highest BCUT2D eigenvalue weighted by Crippen LogP contribution is 2.36. The van der Waals surface area contributed by atoms with Crippen LogP contribution in [0.1, 0.15) is 20.3 Å². The summed E-state index contributed by atoms with van der Waals surface area (Å²) in [6, 6.07) is 1.10. The number of thioether (sulfide) groups is 1. The molecule has 1 aromatic heterocycles.